The van der Waals surface area contributed by atoms with Crippen LogP contribution in [0.5, 0.6) is 0 Å². The molecule has 6 heteroatoms. The number of benzene rings is 1. The molecule has 3 amide bonds. The molecular formula is C18H26N4O2. The summed E-state index contributed by atoms with van der Waals surface area (Å²) in [4.78, 5) is 23.7. The standard InChI is InChI=1S/C18H26N4O2/c23-17(12-21-18(24)22-16-4-2-1-3-5-16)20-9-13-6-7-14-10-19-11-15(14)8-13/h6-8,16,19H,1-5,9-12H2,(H,20,23)(H2,21,22,24). The Morgan fingerprint density at radius 2 is 1.83 bits per heavy atom. The summed E-state index contributed by atoms with van der Waals surface area (Å²) < 4.78 is 0. The fraction of sp³-hybridized carbons (Fsp3) is 0.556. The van der Waals surface area contributed by atoms with Gasteiger partial charge in [0.25, 0.3) is 0 Å². The first-order valence-corrected chi connectivity index (χ1v) is 8.83. The van der Waals surface area contributed by atoms with Gasteiger partial charge in [-0.25, -0.2) is 4.79 Å². The third-order valence-electron chi connectivity index (χ3n) is 4.74. The molecule has 0 unspecified atom stereocenters. The predicted molar refractivity (Wildman–Crippen MR) is 92.2 cm³/mol. The van der Waals surface area contributed by atoms with E-state index >= 15 is 0 Å². The molecule has 1 aliphatic heterocycles. The summed E-state index contributed by atoms with van der Waals surface area (Å²) >= 11 is 0. The second kappa shape index (κ2) is 8.15. The van der Waals surface area contributed by atoms with Crippen LogP contribution in [-0.2, 0) is 24.4 Å². The molecule has 0 saturated heterocycles. The van der Waals surface area contributed by atoms with E-state index < -0.39 is 0 Å². The van der Waals surface area contributed by atoms with E-state index in [0.29, 0.717) is 6.54 Å². The normalized spacial score (nSPS) is 17.2. The van der Waals surface area contributed by atoms with Crippen LogP contribution in [0.4, 0.5) is 4.79 Å². The molecule has 1 aliphatic carbocycles. The largest absolute Gasteiger partial charge is 0.350 e. The highest BCUT2D eigenvalue weighted by molar-refractivity contribution is 5.83. The van der Waals surface area contributed by atoms with Crippen molar-refractivity contribution < 1.29 is 9.59 Å². The van der Waals surface area contributed by atoms with Gasteiger partial charge < -0.3 is 21.3 Å². The van der Waals surface area contributed by atoms with Crippen LogP contribution in [0.25, 0.3) is 0 Å². The van der Waals surface area contributed by atoms with Gasteiger partial charge in [-0.1, -0.05) is 37.5 Å². The first-order chi connectivity index (χ1) is 11.7. The monoisotopic (exact) mass is 330 g/mol. The van der Waals surface area contributed by atoms with Gasteiger partial charge >= 0.3 is 6.03 Å². The molecule has 0 spiro atoms. The molecule has 0 aromatic heterocycles. The van der Waals surface area contributed by atoms with Gasteiger partial charge in [0.2, 0.25) is 5.91 Å². The second-order valence-electron chi connectivity index (χ2n) is 6.65. The van der Waals surface area contributed by atoms with Crippen LogP contribution in [0.3, 0.4) is 0 Å². The van der Waals surface area contributed by atoms with Crippen LogP contribution in [0.1, 0.15) is 48.8 Å². The lowest BCUT2D eigenvalue weighted by Crippen LogP contribution is -2.46. The molecule has 1 saturated carbocycles. The first kappa shape index (κ1) is 16.8. The maximum Gasteiger partial charge on any atom is 0.315 e. The van der Waals surface area contributed by atoms with Gasteiger partial charge in [0.1, 0.15) is 0 Å². The lowest BCUT2D eigenvalue weighted by Gasteiger charge is -2.22. The Labute approximate surface area is 142 Å². The molecule has 0 radical (unpaired) electrons. The first-order valence-electron chi connectivity index (χ1n) is 8.83. The van der Waals surface area contributed by atoms with Gasteiger partial charge in [-0.3, -0.25) is 4.79 Å². The number of nitrogens with one attached hydrogen (secondary N) is 4. The Morgan fingerprint density at radius 1 is 1.04 bits per heavy atom. The summed E-state index contributed by atoms with van der Waals surface area (Å²) in [6.45, 7) is 2.30. The van der Waals surface area contributed by atoms with Crippen molar-refractivity contribution in [3.8, 4) is 0 Å². The van der Waals surface area contributed by atoms with Crippen LogP contribution in [0.2, 0.25) is 0 Å². The SMILES string of the molecule is O=C(CNC(=O)NC1CCCCC1)NCc1ccc2c(c1)CNC2. The van der Waals surface area contributed by atoms with Crippen molar-refractivity contribution >= 4 is 11.9 Å². The number of fused-ring (bicyclic) bond motifs is 1. The maximum absolute atomic E-state index is 11.9. The number of amides is 3. The minimum atomic E-state index is -0.249. The van der Waals surface area contributed by atoms with Gasteiger partial charge in [0.05, 0.1) is 6.54 Å². The lowest BCUT2D eigenvalue weighted by atomic mass is 9.96. The topological polar surface area (TPSA) is 82.3 Å². The third kappa shape index (κ3) is 4.71. The molecule has 1 fully saturated rings. The highest BCUT2D eigenvalue weighted by Crippen LogP contribution is 2.17. The Hall–Kier alpha value is -2.08. The van der Waals surface area contributed by atoms with E-state index in [9.17, 15) is 9.59 Å². The van der Waals surface area contributed by atoms with Crippen LogP contribution < -0.4 is 21.3 Å². The van der Waals surface area contributed by atoms with Gasteiger partial charge in [-0.05, 0) is 29.5 Å². The minimum absolute atomic E-state index is 0.00501. The van der Waals surface area contributed by atoms with Crippen molar-refractivity contribution in [1.82, 2.24) is 21.3 Å². The highest BCUT2D eigenvalue weighted by atomic mass is 16.2. The Kier molecular flexibility index (Phi) is 5.69. The molecule has 24 heavy (non-hydrogen) atoms. The summed E-state index contributed by atoms with van der Waals surface area (Å²) in [5.74, 6) is -0.174. The molecule has 6 nitrogen and oxygen atoms in total. The van der Waals surface area contributed by atoms with Gasteiger partial charge in [0, 0.05) is 25.7 Å². The van der Waals surface area contributed by atoms with E-state index in [1.165, 1.54) is 30.4 Å². The zero-order valence-electron chi connectivity index (χ0n) is 14.0. The van der Waals surface area contributed by atoms with E-state index in [4.69, 9.17) is 0 Å². The molecule has 2 aliphatic rings. The van der Waals surface area contributed by atoms with E-state index in [2.05, 4.69) is 33.4 Å². The van der Waals surface area contributed by atoms with E-state index in [1.54, 1.807) is 0 Å². The number of hydrogen-bond acceptors (Lipinski definition) is 3. The summed E-state index contributed by atoms with van der Waals surface area (Å²) in [6, 6.07) is 6.27. The van der Waals surface area contributed by atoms with Crippen LogP contribution in [0.15, 0.2) is 18.2 Å². The van der Waals surface area contributed by atoms with Gasteiger partial charge in [-0.15, -0.1) is 0 Å². The third-order valence-corrected chi connectivity index (χ3v) is 4.74. The smallest absolute Gasteiger partial charge is 0.315 e. The molecule has 4 N–H and O–H groups in total. The quantitative estimate of drug-likeness (QED) is 0.661. The highest BCUT2D eigenvalue weighted by Gasteiger charge is 2.16. The van der Waals surface area contributed by atoms with Gasteiger partial charge in [0.15, 0.2) is 0 Å². The number of rotatable bonds is 5. The van der Waals surface area contributed by atoms with Crippen molar-refractivity contribution in [3.63, 3.8) is 0 Å². The summed E-state index contributed by atoms with van der Waals surface area (Å²) in [5, 5.41) is 11.7. The number of carbonyl (C=O) groups excluding carboxylic acids is 2. The van der Waals surface area contributed by atoms with Crippen molar-refractivity contribution in [2.24, 2.45) is 0 Å². The Morgan fingerprint density at radius 3 is 2.67 bits per heavy atom. The number of carbonyl (C=O) groups is 2. The fourth-order valence-electron chi connectivity index (χ4n) is 3.37. The average molecular weight is 330 g/mol. The molecule has 1 heterocycles. The van der Waals surface area contributed by atoms with Crippen LogP contribution in [0, 0.1) is 0 Å². The Balaban J connectivity index is 1.35. The minimum Gasteiger partial charge on any atom is -0.350 e. The zero-order valence-corrected chi connectivity index (χ0v) is 14.0. The molecule has 1 aromatic carbocycles. The van der Waals surface area contributed by atoms with E-state index in [1.807, 2.05) is 6.07 Å². The Bertz CT molecular complexity index is 597. The molecule has 0 bridgehead atoms. The number of urea groups is 1. The van der Waals surface area contributed by atoms with Crippen LogP contribution in [-0.4, -0.2) is 24.5 Å². The van der Waals surface area contributed by atoms with Gasteiger partial charge in [-0.2, -0.15) is 0 Å². The summed E-state index contributed by atoms with van der Waals surface area (Å²) in [5.41, 5.74) is 3.70. The lowest BCUT2D eigenvalue weighted by molar-refractivity contribution is -0.120. The van der Waals surface area contributed by atoms with Crippen molar-refractivity contribution in [2.75, 3.05) is 6.54 Å². The number of hydrogen-bond donors (Lipinski definition) is 4. The molecule has 3 rings (SSSR count). The molecule has 0 atom stereocenters. The zero-order chi connectivity index (χ0) is 16.8. The molecule has 130 valence electrons. The van der Waals surface area contributed by atoms with Crippen LogP contribution >= 0.6 is 0 Å². The second-order valence-corrected chi connectivity index (χ2v) is 6.65. The molecule has 1 aromatic rings. The van der Waals surface area contributed by atoms with E-state index in [0.717, 1.165) is 31.5 Å². The fourth-order valence-corrected chi connectivity index (χ4v) is 3.37. The van der Waals surface area contributed by atoms with Crippen molar-refractivity contribution in [3.05, 3.63) is 34.9 Å². The van der Waals surface area contributed by atoms with Crippen molar-refractivity contribution in [2.45, 2.75) is 57.8 Å². The average Bonchev–Trinajstić information content (AvgIpc) is 3.07. The summed E-state index contributed by atoms with van der Waals surface area (Å²) in [7, 11) is 0. The van der Waals surface area contributed by atoms with Crippen molar-refractivity contribution in [1.29, 1.82) is 0 Å². The van der Waals surface area contributed by atoms with E-state index in [-0.39, 0.29) is 24.5 Å². The molecular weight excluding hydrogens is 304 g/mol. The maximum atomic E-state index is 11.9. The predicted octanol–water partition coefficient (Wildman–Crippen LogP) is 1.54. The summed E-state index contributed by atoms with van der Waals surface area (Å²) in [6.07, 6.45) is 5.66.